The van der Waals surface area contributed by atoms with Gasteiger partial charge in [0.2, 0.25) is 0 Å². The average Bonchev–Trinajstić information content (AvgIpc) is 3.60. The van der Waals surface area contributed by atoms with E-state index in [0.29, 0.717) is 11.2 Å². The van der Waals surface area contributed by atoms with Gasteiger partial charge >= 0.3 is 0 Å². The minimum absolute atomic E-state index is 0.218. The third kappa shape index (κ3) is 8.57. The molecule has 2 aromatic heterocycles. The third-order valence-electron chi connectivity index (χ3n) is 8.43. The summed E-state index contributed by atoms with van der Waals surface area (Å²) < 4.78 is 6.85. The quantitative estimate of drug-likeness (QED) is 0.256. The molecule has 0 aromatic carbocycles. The van der Waals surface area contributed by atoms with Crippen molar-refractivity contribution in [3.63, 3.8) is 0 Å². The van der Waals surface area contributed by atoms with E-state index in [1.54, 1.807) is 0 Å². The van der Waals surface area contributed by atoms with Crippen molar-refractivity contribution in [2.24, 2.45) is 0 Å². The number of nitrogens with two attached hydrogens (primary N) is 1. The predicted molar refractivity (Wildman–Crippen MR) is 154 cm³/mol. The van der Waals surface area contributed by atoms with Gasteiger partial charge in [0, 0.05) is 12.1 Å². The van der Waals surface area contributed by atoms with Crippen LogP contribution in [-0.2, 0) is 4.74 Å². The van der Waals surface area contributed by atoms with Gasteiger partial charge in [0.15, 0.2) is 17.7 Å². The fourth-order valence-electron chi connectivity index (χ4n) is 5.98. The number of aliphatic hydroxyl groups is 3. The molecular weight excluding hydrogens is 496 g/mol. The molecule has 4 heterocycles. The van der Waals surface area contributed by atoms with Crippen molar-refractivity contribution in [2.45, 2.75) is 140 Å². The highest BCUT2D eigenvalue weighted by molar-refractivity contribution is 5.81. The van der Waals surface area contributed by atoms with E-state index in [9.17, 15) is 10.2 Å². The molecule has 10 heteroatoms. The van der Waals surface area contributed by atoms with Gasteiger partial charge in [0.1, 0.15) is 30.2 Å². The van der Waals surface area contributed by atoms with Crippen molar-refractivity contribution in [3.05, 3.63) is 12.7 Å². The van der Waals surface area contributed by atoms with Gasteiger partial charge in [0.05, 0.1) is 12.9 Å². The Balaban J connectivity index is 0.000000216. The number of nitrogen functional groups attached to an aromatic ring is 1. The second-order valence-electron chi connectivity index (χ2n) is 11.3. The lowest BCUT2D eigenvalue weighted by molar-refractivity contribution is -0.0511. The second kappa shape index (κ2) is 16.4. The number of aliphatic hydroxyl groups excluding tert-OH is 3. The standard InChI is InChI=1S/C19H39N.C10H13N5O4/c1-4-6-7-8-9-10-11-12-13-15-19-17-16-18(14-5-2)20(19)3;11-8-5-9(13-2-12-8)15(3-14-5)10-7(18)6(17)4(1-16)19-10/h18-19H,4-17H2,1-3H3;2-4,6-7,10,16-18H,1H2,(H2,11,12,13). The Hall–Kier alpha value is -1.85. The Labute approximate surface area is 234 Å². The fraction of sp³-hybridized carbons (Fsp3) is 0.828. The van der Waals surface area contributed by atoms with Crippen LogP contribution >= 0.6 is 0 Å². The molecule has 4 rings (SSSR count). The van der Waals surface area contributed by atoms with Crippen LogP contribution in [0.5, 0.6) is 0 Å². The van der Waals surface area contributed by atoms with E-state index in [1.807, 2.05) is 0 Å². The van der Waals surface area contributed by atoms with Crippen molar-refractivity contribution in [1.82, 2.24) is 24.4 Å². The first kappa shape index (κ1) is 31.7. The molecule has 222 valence electrons. The van der Waals surface area contributed by atoms with Gasteiger partial charge in [0.25, 0.3) is 0 Å². The van der Waals surface area contributed by atoms with Gasteiger partial charge in [-0.15, -0.1) is 0 Å². The maximum Gasteiger partial charge on any atom is 0.167 e. The highest BCUT2D eigenvalue weighted by Gasteiger charge is 2.44. The summed E-state index contributed by atoms with van der Waals surface area (Å²) in [5.74, 6) is 0.218. The van der Waals surface area contributed by atoms with E-state index in [-0.39, 0.29) is 5.82 Å². The zero-order valence-corrected chi connectivity index (χ0v) is 24.3. The van der Waals surface area contributed by atoms with Crippen LogP contribution in [0, 0.1) is 0 Å². The van der Waals surface area contributed by atoms with Gasteiger partial charge in [-0.1, -0.05) is 78.1 Å². The van der Waals surface area contributed by atoms with Gasteiger partial charge < -0.3 is 30.7 Å². The molecule has 0 radical (unpaired) electrons. The molecule has 0 amide bonds. The van der Waals surface area contributed by atoms with E-state index in [4.69, 9.17) is 15.6 Å². The minimum atomic E-state index is -1.19. The molecule has 0 saturated carbocycles. The highest BCUT2D eigenvalue weighted by Crippen LogP contribution is 2.32. The molecule has 0 aliphatic carbocycles. The van der Waals surface area contributed by atoms with Gasteiger partial charge in [-0.2, -0.15) is 0 Å². The van der Waals surface area contributed by atoms with Crippen molar-refractivity contribution >= 4 is 17.0 Å². The van der Waals surface area contributed by atoms with Crippen LogP contribution in [0.1, 0.15) is 110 Å². The normalized spacial score (nSPS) is 27.2. The lowest BCUT2D eigenvalue weighted by atomic mass is 10.0. The van der Waals surface area contributed by atoms with E-state index in [0.717, 1.165) is 12.1 Å². The van der Waals surface area contributed by atoms with Crippen LogP contribution in [0.15, 0.2) is 12.7 Å². The Kier molecular flexibility index (Phi) is 13.3. The molecule has 2 saturated heterocycles. The van der Waals surface area contributed by atoms with E-state index in [2.05, 4.69) is 40.7 Å². The topological polar surface area (TPSA) is 143 Å². The van der Waals surface area contributed by atoms with Gasteiger partial charge in [-0.05, 0) is 32.7 Å². The monoisotopic (exact) mass is 548 g/mol. The first-order chi connectivity index (χ1) is 18.9. The molecule has 2 aromatic rings. The Morgan fingerprint density at radius 3 is 2.13 bits per heavy atom. The van der Waals surface area contributed by atoms with Crippen molar-refractivity contribution in [1.29, 1.82) is 0 Å². The minimum Gasteiger partial charge on any atom is -0.394 e. The fourth-order valence-corrected chi connectivity index (χ4v) is 5.98. The number of aromatic nitrogens is 4. The highest BCUT2D eigenvalue weighted by atomic mass is 16.6. The number of hydrogen-bond acceptors (Lipinski definition) is 9. The summed E-state index contributed by atoms with van der Waals surface area (Å²) in [7, 11) is 2.37. The molecule has 10 nitrogen and oxygen atoms in total. The van der Waals surface area contributed by atoms with Crippen LogP contribution in [-0.4, -0.2) is 83.8 Å². The maximum absolute atomic E-state index is 9.95. The Bertz CT molecular complexity index is 959. The van der Waals surface area contributed by atoms with Crippen LogP contribution in [0.25, 0.3) is 11.2 Å². The number of nitrogens with zero attached hydrogens (tertiary/aromatic N) is 5. The van der Waals surface area contributed by atoms with Crippen LogP contribution < -0.4 is 5.73 Å². The predicted octanol–water partition coefficient (Wildman–Crippen LogP) is 4.19. The number of anilines is 1. The molecule has 2 aliphatic rings. The first-order valence-electron chi connectivity index (χ1n) is 15.2. The lowest BCUT2D eigenvalue weighted by Crippen LogP contribution is -2.33. The summed E-state index contributed by atoms with van der Waals surface area (Å²) >= 11 is 0. The molecule has 6 atom stereocenters. The van der Waals surface area contributed by atoms with Crippen LogP contribution in [0.2, 0.25) is 0 Å². The van der Waals surface area contributed by atoms with E-state index in [1.165, 1.54) is 107 Å². The first-order valence-corrected chi connectivity index (χ1v) is 15.2. The molecule has 0 bridgehead atoms. The van der Waals surface area contributed by atoms with E-state index >= 15 is 0 Å². The van der Waals surface area contributed by atoms with E-state index < -0.39 is 31.1 Å². The number of imidazole rings is 1. The molecule has 2 aliphatic heterocycles. The largest absolute Gasteiger partial charge is 0.394 e. The summed E-state index contributed by atoms with van der Waals surface area (Å²) in [4.78, 5) is 14.6. The smallest absolute Gasteiger partial charge is 0.167 e. The lowest BCUT2D eigenvalue weighted by Gasteiger charge is -2.25. The number of unbranched alkanes of at least 4 members (excludes halogenated alkanes) is 8. The van der Waals surface area contributed by atoms with Crippen molar-refractivity contribution < 1.29 is 20.1 Å². The Morgan fingerprint density at radius 2 is 1.51 bits per heavy atom. The average molecular weight is 549 g/mol. The summed E-state index contributed by atoms with van der Waals surface area (Å²) in [6.07, 6.45) is 18.8. The molecule has 2 fully saturated rings. The van der Waals surface area contributed by atoms with Gasteiger partial charge in [-0.3, -0.25) is 4.57 Å². The van der Waals surface area contributed by atoms with Crippen LogP contribution in [0.3, 0.4) is 0 Å². The maximum atomic E-state index is 9.95. The number of likely N-dealkylation sites (tertiary alicyclic amines) is 1. The second-order valence-corrected chi connectivity index (χ2v) is 11.3. The van der Waals surface area contributed by atoms with Crippen LogP contribution in [0.4, 0.5) is 5.82 Å². The summed E-state index contributed by atoms with van der Waals surface area (Å²) in [5, 5.41) is 28.7. The molecule has 39 heavy (non-hydrogen) atoms. The molecular formula is C29H52N6O4. The third-order valence-corrected chi connectivity index (χ3v) is 8.43. The SMILES string of the molecule is CCCCCCCCCCCC1CCC(CCC)N1C.Nc1ncnc2c1ncn2C1OC(CO)C(O)C1O. The Morgan fingerprint density at radius 1 is 0.872 bits per heavy atom. The number of fused-ring (bicyclic) bond motifs is 1. The van der Waals surface area contributed by atoms with Crippen molar-refractivity contribution in [3.8, 4) is 0 Å². The zero-order valence-electron chi connectivity index (χ0n) is 24.3. The number of hydrogen-bond donors (Lipinski definition) is 4. The zero-order chi connectivity index (χ0) is 28.2. The summed E-state index contributed by atoms with van der Waals surface area (Å²) in [6.45, 7) is 4.23. The van der Waals surface area contributed by atoms with Crippen molar-refractivity contribution in [2.75, 3.05) is 19.4 Å². The molecule has 0 spiro atoms. The van der Waals surface area contributed by atoms with Gasteiger partial charge in [-0.25, -0.2) is 15.0 Å². The summed E-state index contributed by atoms with van der Waals surface area (Å²) in [5.41, 5.74) is 6.44. The number of rotatable bonds is 14. The number of ether oxygens (including phenoxy) is 1. The molecule has 5 N–H and O–H groups in total. The summed E-state index contributed by atoms with van der Waals surface area (Å²) in [6, 6.07) is 1.79. The molecule has 6 unspecified atom stereocenters.